The first-order valence-corrected chi connectivity index (χ1v) is 13.6. The third-order valence-corrected chi connectivity index (χ3v) is 8.00. The summed E-state index contributed by atoms with van der Waals surface area (Å²) in [5.41, 5.74) is 6.49. The van der Waals surface area contributed by atoms with Crippen LogP contribution in [0.3, 0.4) is 0 Å². The Morgan fingerprint density at radius 1 is 1.08 bits per heavy atom. The molecule has 0 bridgehead atoms. The van der Waals surface area contributed by atoms with Crippen LogP contribution in [0.5, 0.6) is 0 Å². The van der Waals surface area contributed by atoms with Gasteiger partial charge in [0.15, 0.2) is 0 Å². The van der Waals surface area contributed by atoms with Crippen LogP contribution in [-0.2, 0) is 16.7 Å². The molecule has 36 heavy (non-hydrogen) atoms. The zero-order valence-electron chi connectivity index (χ0n) is 22.7. The number of carbonyl (C=O) groups excluding carboxylic acids is 1. The van der Waals surface area contributed by atoms with Gasteiger partial charge in [0.2, 0.25) is 0 Å². The van der Waals surface area contributed by atoms with E-state index >= 15 is 0 Å². The summed E-state index contributed by atoms with van der Waals surface area (Å²) in [5, 5.41) is 16.3. The Morgan fingerprint density at radius 2 is 1.78 bits per heavy atom. The second-order valence-corrected chi connectivity index (χ2v) is 11.7. The van der Waals surface area contributed by atoms with Crippen molar-refractivity contribution in [2.24, 2.45) is 11.1 Å². The Hall–Kier alpha value is -2.60. The lowest BCUT2D eigenvalue weighted by Gasteiger charge is -2.25. The van der Waals surface area contributed by atoms with Crippen molar-refractivity contribution in [2.45, 2.75) is 97.6 Å². The average molecular weight is 494 g/mol. The minimum absolute atomic E-state index is 0.00310. The highest BCUT2D eigenvalue weighted by molar-refractivity contribution is 6.00. The fourth-order valence-corrected chi connectivity index (χ4v) is 5.56. The summed E-state index contributed by atoms with van der Waals surface area (Å²) in [7, 11) is 0. The Morgan fingerprint density at radius 3 is 2.42 bits per heavy atom. The van der Waals surface area contributed by atoms with Crippen LogP contribution in [-0.4, -0.2) is 40.6 Å². The molecule has 1 saturated carbocycles. The molecule has 2 heterocycles. The molecule has 1 aliphatic heterocycles. The highest BCUT2D eigenvalue weighted by atomic mass is 16.5. The summed E-state index contributed by atoms with van der Waals surface area (Å²) in [6, 6.07) is 8.68. The standard InChI is InChI=1S/C30H43N3O3/c1-20(32-35)23-15-24(17-25(16-23)30(3,4)5)28-18-27(29(34)31-26-11-13-36-14-12-26)21(2)33(28)19-22-9-7-6-8-10-22/h15-18,22,26,35H,6-14,19H2,1-5H3,(H,31,34). The fourth-order valence-electron chi connectivity index (χ4n) is 5.56. The lowest BCUT2D eigenvalue weighted by molar-refractivity contribution is 0.0696. The van der Waals surface area contributed by atoms with Crippen LogP contribution in [0.1, 0.15) is 99.8 Å². The molecule has 0 radical (unpaired) electrons. The minimum atomic E-state index is -0.0699. The Kier molecular flexibility index (Phi) is 8.23. The molecule has 1 amide bonds. The molecule has 2 N–H and O–H groups in total. The van der Waals surface area contributed by atoms with E-state index in [4.69, 9.17) is 4.74 Å². The van der Waals surface area contributed by atoms with E-state index in [-0.39, 0.29) is 17.4 Å². The summed E-state index contributed by atoms with van der Waals surface area (Å²) >= 11 is 0. The van der Waals surface area contributed by atoms with E-state index in [0.29, 0.717) is 24.8 Å². The number of rotatable bonds is 6. The van der Waals surface area contributed by atoms with Gasteiger partial charge in [-0.3, -0.25) is 4.79 Å². The van der Waals surface area contributed by atoms with Crippen LogP contribution in [0.4, 0.5) is 0 Å². The molecule has 1 aromatic carbocycles. The summed E-state index contributed by atoms with van der Waals surface area (Å²) in [5.74, 6) is 0.629. The van der Waals surface area contributed by atoms with E-state index in [1.54, 1.807) is 0 Å². The maximum absolute atomic E-state index is 13.5. The van der Waals surface area contributed by atoms with Gasteiger partial charge in [-0.25, -0.2) is 0 Å². The predicted molar refractivity (Wildman–Crippen MR) is 145 cm³/mol. The van der Waals surface area contributed by atoms with Gasteiger partial charge in [-0.2, -0.15) is 0 Å². The molecule has 6 nitrogen and oxygen atoms in total. The molecule has 2 aliphatic rings. The molecule has 1 aromatic heterocycles. The van der Waals surface area contributed by atoms with Gasteiger partial charge < -0.3 is 19.8 Å². The summed E-state index contributed by atoms with van der Waals surface area (Å²) in [6.07, 6.45) is 8.09. The molecule has 196 valence electrons. The first-order chi connectivity index (χ1) is 17.2. The van der Waals surface area contributed by atoms with Crippen molar-refractivity contribution in [1.29, 1.82) is 0 Å². The second kappa shape index (κ2) is 11.2. The number of benzene rings is 1. The molecular weight excluding hydrogens is 450 g/mol. The van der Waals surface area contributed by atoms with Crippen molar-refractivity contribution in [2.75, 3.05) is 13.2 Å². The van der Waals surface area contributed by atoms with E-state index in [0.717, 1.165) is 47.5 Å². The monoisotopic (exact) mass is 493 g/mol. The second-order valence-electron chi connectivity index (χ2n) is 11.7. The smallest absolute Gasteiger partial charge is 0.253 e. The van der Waals surface area contributed by atoms with Gasteiger partial charge in [0.25, 0.3) is 5.91 Å². The molecule has 0 spiro atoms. The summed E-state index contributed by atoms with van der Waals surface area (Å²) < 4.78 is 7.84. The van der Waals surface area contributed by atoms with Gasteiger partial charge in [-0.05, 0) is 91.8 Å². The molecule has 2 fully saturated rings. The average Bonchev–Trinajstić information content (AvgIpc) is 3.20. The Balaban J connectivity index is 1.79. The molecule has 1 aliphatic carbocycles. The van der Waals surface area contributed by atoms with E-state index in [1.807, 2.05) is 6.92 Å². The number of ether oxygens (including phenoxy) is 1. The molecule has 0 unspecified atom stereocenters. The Bertz CT molecular complexity index is 1100. The van der Waals surface area contributed by atoms with Gasteiger partial charge >= 0.3 is 0 Å². The lowest BCUT2D eigenvalue weighted by Crippen LogP contribution is -2.39. The van der Waals surface area contributed by atoms with E-state index < -0.39 is 0 Å². The highest BCUT2D eigenvalue weighted by Gasteiger charge is 2.25. The number of hydrogen-bond acceptors (Lipinski definition) is 4. The number of carbonyl (C=O) groups is 1. The molecule has 1 saturated heterocycles. The van der Waals surface area contributed by atoms with E-state index in [2.05, 4.69) is 67.0 Å². The van der Waals surface area contributed by atoms with Crippen molar-refractivity contribution in [3.8, 4) is 11.3 Å². The van der Waals surface area contributed by atoms with Crippen molar-refractivity contribution >= 4 is 11.6 Å². The van der Waals surface area contributed by atoms with E-state index in [9.17, 15) is 10.0 Å². The van der Waals surface area contributed by atoms with Crippen LogP contribution in [0.25, 0.3) is 11.3 Å². The van der Waals surface area contributed by atoms with Crippen molar-refractivity contribution < 1.29 is 14.7 Å². The first kappa shape index (κ1) is 26.5. The number of amides is 1. The largest absolute Gasteiger partial charge is 0.411 e. The topological polar surface area (TPSA) is 75.8 Å². The first-order valence-electron chi connectivity index (χ1n) is 13.6. The molecule has 6 heteroatoms. The van der Waals surface area contributed by atoms with E-state index in [1.165, 1.54) is 37.7 Å². The third-order valence-electron chi connectivity index (χ3n) is 8.00. The lowest BCUT2D eigenvalue weighted by atomic mass is 9.84. The third kappa shape index (κ3) is 6.03. The summed E-state index contributed by atoms with van der Waals surface area (Å²) in [6.45, 7) is 12.8. The van der Waals surface area contributed by atoms with Gasteiger partial charge in [0.1, 0.15) is 0 Å². The molecule has 0 atom stereocenters. The maximum atomic E-state index is 13.5. The van der Waals surface area contributed by atoms with Crippen LogP contribution in [0.15, 0.2) is 29.4 Å². The maximum Gasteiger partial charge on any atom is 0.253 e. The van der Waals surface area contributed by atoms with Crippen molar-refractivity contribution in [3.05, 3.63) is 46.6 Å². The molecular formula is C30H43N3O3. The number of nitrogens with zero attached hydrogens (tertiary/aromatic N) is 2. The minimum Gasteiger partial charge on any atom is -0.411 e. The van der Waals surface area contributed by atoms with Gasteiger partial charge in [0, 0.05) is 37.2 Å². The zero-order valence-corrected chi connectivity index (χ0v) is 22.7. The van der Waals surface area contributed by atoms with Crippen LogP contribution >= 0.6 is 0 Å². The van der Waals surface area contributed by atoms with Crippen molar-refractivity contribution in [1.82, 2.24) is 9.88 Å². The number of oxime groups is 1. The quantitative estimate of drug-likeness (QED) is 0.276. The molecule has 2 aromatic rings. The Labute approximate surface area is 216 Å². The van der Waals surface area contributed by atoms with Crippen molar-refractivity contribution in [3.63, 3.8) is 0 Å². The normalized spacial score (nSPS) is 18.4. The van der Waals surface area contributed by atoms with Gasteiger partial charge in [-0.15, -0.1) is 0 Å². The van der Waals surface area contributed by atoms with Crippen LogP contribution < -0.4 is 5.32 Å². The summed E-state index contributed by atoms with van der Waals surface area (Å²) in [4.78, 5) is 13.5. The molecule has 4 rings (SSSR count). The van der Waals surface area contributed by atoms with Crippen LogP contribution in [0, 0.1) is 12.8 Å². The van der Waals surface area contributed by atoms with Gasteiger partial charge in [-0.1, -0.05) is 45.2 Å². The SMILES string of the molecule is CC(=NO)c1cc(-c2cc(C(=O)NC3CCOCC3)c(C)n2CC2CCCCC2)cc(C(C)(C)C)c1. The zero-order chi connectivity index (χ0) is 25.9. The number of aromatic nitrogens is 1. The number of nitrogens with one attached hydrogen (secondary N) is 1. The number of hydrogen-bond donors (Lipinski definition) is 2. The predicted octanol–water partition coefficient (Wildman–Crippen LogP) is 6.45. The fraction of sp³-hybridized carbons (Fsp3) is 0.600. The van der Waals surface area contributed by atoms with Gasteiger partial charge in [0.05, 0.1) is 11.3 Å². The van der Waals surface area contributed by atoms with Crippen LogP contribution in [0.2, 0.25) is 0 Å². The highest BCUT2D eigenvalue weighted by Crippen LogP contribution is 2.34.